The summed E-state index contributed by atoms with van der Waals surface area (Å²) in [5, 5.41) is 10.3. The van der Waals surface area contributed by atoms with Gasteiger partial charge < -0.3 is 0 Å². The van der Waals surface area contributed by atoms with Crippen molar-refractivity contribution in [3.63, 3.8) is 0 Å². The second-order valence-corrected chi connectivity index (χ2v) is 3.50. The first-order valence-corrected chi connectivity index (χ1v) is 5.32. The van der Waals surface area contributed by atoms with Gasteiger partial charge in [-0.3, -0.25) is 10.0 Å². The number of carbonyl (C=O) groups is 1. The molecule has 15 heavy (non-hydrogen) atoms. The number of benzene rings is 1. The lowest BCUT2D eigenvalue weighted by Crippen LogP contribution is -2.26. The molecular formula is C12H17NO2. The van der Waals surface area contributed by atoms with E-state index in [1.807, 2.05) is 6.07 Å². The van der Waals surface area contributed by atoms with Crippen molar-refractivity contribution >= 4 is 11.6 Å². The van der Waals surface area contributed by atoms with Crippen molar-refractivity contribution in [2.24, 2.45) is 0 Å². The lowest BCUT2D eigenvalue weighted by Gasteiger charge is -2.14. The van der Waals surface area contributed by atoms with Crippen molar-refractivity contribution in [1.29, 1.82) is 0 Å². The van der Waals surface area contributed by atoms with Crippen molar-refractivity contribution in [2.45, 2.75) is 32.6 Å². The van der Waals surface area contributed by atoms with Gasteiger partial charge in [-0.05, 0) is 18.6 Å². The van der Waals surface area contributed by atoms with Gasteiger partial charge in [0.15, 0.2) is 0 Å². The zero-order chi connectivity index (χ0) is 11.1. The maximum absolute atomic E-state index is 11.5. The van der Waals surface area contributed by atoms with Gasteiger partial charge in [0.2, 0.25) is 0 Å². The second kappa shape index (κ2) is 6.19. The lowest BCUT2D eigenvalue weighted by atomic mass is 10.2. The normalized spacial score (nSPS) is 10.0. The Bertz CT molecular complexity index is 298. The molecule has 1 aromatic carbocycles. The zero-order valence-corrected chi connectivity index (χ0v) is 9.02. The molecule has 0 bridgehead atoms. The van der Waals surface area contributed by atoms with Crippen molar-refractivity contribution < 1.29 is 10.0 Å². The number of anilines is 1. The largest absolute Gasteiger partial charge is 0.281 e. The summed E-state index contributed by atoms with van der Waals surface area (Å²) in [5.41, 5.74) is 0.527. The first kappa shape index (κ1) is 11.7. The van der Waals surface area contributed by atoms with Gasteiger partial charge >= 0.3 is 0 Å². The molecule has 1 N–H and O–H groups in total. The fourth-order valence-corrected chi connectivity index (χ4v) is 1.35. The van der Waals surface area contributed by atoms with E-state index in [-0.39, 0.29) is 5.91 Å². The Morgan fingerprint density at radius 2 is 1.93 bits per heavy atom. The van der Waals surface area contributed by atoms with E-state index in [1.165, 1.54) is 0 Å². The molecule has 1 rings (SSSR count). The van der Waals surface area contributed by atoms with E-state index < -0.39 is 0 Å². The Hall–Kier alpha value is -1.35. The van der Waals surface area contributed by atoms with E-state index >= 15 is 0 Å². The topological polar surface area (TPSA) is 40.5 Å². The highest BCUT2D eigenvalue weighted by atomic mass is 16.5. The van der Waals surface area contributed by atoms with Crippen molar-refractivity contribution in [3.8, 4) is 0 Å². The average Bonchev–Trinajstić information content (AvgIpc) is 2.29. The maximum atomic E-state index is 11.5. The zero-order valence-electron chi connectivity index (χ0n) is 9.02. The van der Waals surface area contributed by atoms with Crippen LogP contribution in [-0.4, -0.2) is 11.1 Å². The second-order valence-electron chi connectivity index (χ2n) is 3.50. The van der Waals surface area contributed by atoms with E-state index in [0.29, 0.717) is 12.1 Å². The SMILES string of the molecule is CCCCCC(=O)N(O)c1ccccc1. The van der Waals surface area contributed by atoms with Crippen LogP contribution in [0.1, 0.15) is 32.6 Å². The number of carbonyl (C=O) groups excluding carboxylic acids is 1. The summed E-state index contributed by atoms with van der Waals surface area (Å²) in [4.78, 5) is 11.5. The summed E-state index contributed by atoms with van der Waals surface area (Å²) in [6.45, 7) is 2.08. The number of hydrogen-bond donors (Lipinski definition) is 1. The quantitative estimate of drug-likeness (QED) is 0.458. The molecule has 0 atom stereocenters. The predicted molar refractivity (Wildman–Crippen MR) is 59.9 cm³/mol. The van der Waals surface area contributed by atoms with Gasteiger partial charge in [0.05, 0.1) is 5.69 Å². The third-order valence-corrected chi connectivity index (χ3v) is 2.23. The smallest absolute Gasteiger partial charge is 0.250 e. The molecule has 0 unspecified atom stereocenters. The fraction of sp³-hybridized carbons (Fsp3) is 0.417. The highest BCUT2D eigenvalue weighted by Crippen LogP contribution is 2.13. The Kier molecular flexibility index (Phi) is 4.84. The number of rotatable bonds is 5. The predicted octanol–water partition coefficient (Wildman–Crippen LogP) is 2.99. The molecule has 0 aliphatic carbocycles. The van der Waals surface area contributed by atoms with Crippen LogP contribution in [0, 0.1) is 0 Å². The van der Waals surface area contributed by atoms with Gasteiger partial charge in [0.1, 0.15) is 0 Å². The van der Waals surface area contributed by atoms with Gasteiger partial charge in [-0.25, -0.2) is 0 Å². The number of unbranched alkanes of at least 4 members (excludes halogenated alkanes) is 2. The van der Waals surface area contributed by atoms with Gasteiger partial charge in [-0.15, -0.1) is 0 Å². The molecular weight excluding hydrogens is 190 g/mol. The monoisotopic (exact) mass is 207 g/mol. The van der Waals surface area contributed by atoms with Crippen LogP contribution in [0.5, 0.6) is 0 Å². The van der Waals surface area contributed by atoms with Crippen LogP contribution >= 0.6 is 0 Å². The minimum Gasteiger partial charge on any atom is -0.281 e. The van der Waals surface area contributed by atoms with Crippen LogP contribution in [0.25, 0.3) is 0 Å². The standard InChI is InChI=1S/C12H17NO2/c1-2-3-5-10-12(14)13(15)11-8-6-4-7-9-11/h4,6-9,15H,2-3,5,10H2,1H3. The van der Waals surface area contributed by atoms with Crippen LogP contribution in [0.15, 0.2) is 30.3 Å². The number of hydrogen-bond acceptors (Lipinski definition) is 2. The Morgan fingerprint density at radius 3 is 2.53 bits per heavy atom. The molecule has 0 aliphatic rings. The summed E-state index contributed by atoms with van der Waals surface area (Å²) >= 11 is 0. The van der Waals surface area contributed by atoms with Gasteiger partial charge in [0, 0.05) is 6.42 Å². The third kappa shape index (κ3) is 3.72. The summed E-state index contributed by atoms with van der Waals surface area (Å²) in [6, 6.07) is 8.84. The van der Waals surface area contributed by atoms with Gasteiger partial charge in [-0.1, -0.05) is 38.0 Å². The molecule has 82 valence electrons. The van der Waals surface area contributed by atoms with Crippen molar-refractivity contribution in [1.82, 2.24) is 0 Å². The summed E-state index contributed by atoms with van der Waals surface area (Å²) in [5.74, 6) is -0.241. The van der Waals surface area contributed by atoms with Crippen molar-refractivity contribution in [2.75, 3.05) is 5.06 Å². The summed E-state index contributed by atoms with van der Waals surface area (Å²) in [7, 11) is 0. The summed E-state index contributed by atoms with van der Waals surface area (Å²) < 4.78 is 0. The van der Waals surface area contributed by atoms with E-state index in [9.17, 15) is 10.0 Å². The van der Waals surface area contributed by atoms with Crippen LogP contribution in [-0.2, 0) is 4.79 Å². The van der Waals surface area contributed by atoms with E-state index in [1.54, 1.807) is 24.3 Å². The molecule has 0 spiro atoms. The molecule has 0 aliphatic heterocycles. The minimum absolute atomic E-state index is 0.241. The molecule has 0 saturated carbocycles. The molecule has 0 aromatic heterocycles. The average molecular weight is 207 g/mol. The first-order valence-electron chi connectivity index (χ1n) is 5.32. The van der Waals surface area contributed by atoms with Crippen LogP contribution < -0.4 is 5.06 Å². The van der Waals surface area contributed by atoms with E-state index in [4.69, 9.17) is 0 Å². The maximum Gasteiger partial charge on any atom is 0.250 e. The highest BCUT2D eigenvalue weighted by Gasteiger charge is 2.11. The Balaban J connectivity index is 2.46. The lowest BCUT2D eigenvalue weighted by molar-refractivity contribution is -0.123. The van der Waals surface area contributed by atoms with Crippen LogP contribution in [0.3, 0.4) is 0 Å². The summed E-state index contributed by atoms with van der Waals surface area (Å²) in [6.07, 6.45) is 3.33. The molecule has 0 radical (unpaired) electrons. The third-order valence-electron chi connectivity index (χ3n) is 2.23. The number of nitrogens with zero attached hydrogens (tertiary/aromatic N) is 1. The van der Waals surface area contributed by atoms with Crippen molar-refractivity contribution in [3.05, 3.63) is 30.3 Å². The molecule has 3 nitrogen and oxygen atoms in total. The van der Waals surface area contributed by atoms with Gasteiger partial charge in [-0.2, -0.15) is 5.06 Å². The van der Waals surface area contributed by atoms with E-state index in [2.05, 4.69) is 6.92 Å². The Morgan fingerprint density at radius 1 is 1.27 bits per heavy atom. The number of amides is 1. The number of para-hydroxylation sites is 1. The molecule has 1 amide bonds. The number of hydroxylamine groups is 1. The van der Waals surface area contributed by atoms with Gasteiger partial charge in [0.25, 0.3) is 5.91 Å². The fourth-order valence-electron chi connectivity index (χ4n) is 1.35. The molecule has 0 fully saturated rings. The minimum atomic E-state index is -0.241. The Labute approximate surface area is 90.3 Å². The van der Waals surface area contributed by atoms with Crippen LogP contribution in [0.4, 0.5) is 5.69 Å². The molecule has 3 heteroatoms. The molecule has 0 heterocycles. The molecule has 0 saturated heterocycles. The van der Waals surface area contributed by atoms with E-state index in [0.717, 1.165) is 24.3 Å². The van der Waals surface area contributed by atoms with Crippen LogP contribution in [0.2, 0.25) is 0 Å². The first-order chi connectivity index (χ1) is 7.25. The highest BCUT2D eigenvalue weighted by molar-refractivity contribution is 5.90. The molecule has 1 aromatic rings.